The molecule has 0 radical (unpaired) electrons. The van der Waals surface area contributed by atoms with Crippen molar-refractivity contribution in [2.24, 2.45) is 23.2 Å². The maximum atomic E-state index is 6.36. The number of hydrogen-bond acceptors (Lipinski definition) is 3. The predicted octanol–water partition coefficient (Wildman–Crippen LogP) is 5.61. The minimum Gasteiger partial charge on any atom is -0.501 e. The Morgan fingerprint density at radius 3 is 2.54 bits per heavy atom. The van der Waals surface area contributed by atoms with Gasteiger partial charge in [-0.2, -0.15) is 0 Å². The second kappa shape index (κ2) is 6.98. The van der Waals surface area contributed by atoms with Gasteiger partial charge in [-0.3, -0.25) is 0 Å². The Balaban J connectivity index is 1.60. The van der Waals surface area contributed by atoms with Crippen LogP contribution in [0.2, 0.25) is 0 Å². The van der Waals surface area contributed by atoms with Gasteiger partial charge in [-0.15, -0.1) is 0 Å². The summed E-state index contributed by atoms with van der Waals surface area (Å²) in [6, 6.07) is 0. The first kappa shape index (κ1) is 18.6. The lowest BCUT2D eigenvalue weighted by Gasteiger charge is -2.54. The van der Waals surface area contributed by atoms with Crippen molar-refractivity contribution in [2.45, 2.75) is 77.9 Å². The van der Waals surface area contributed by atoms with Gasteiger partial charge in [0.25, 0.3) is 0 Å². The Kier molecular flexibility index (Phi) is 4.98. The Morgan fingerprint density at radius 1 is 1.08 bits per heavy atom. The molecule has 146 valence electrons. The van der Waals surface area contributed by atoms with Crippen LogP contribution < -0.4 is 0 Å². The van der Waals surface area contributed by atoms with Crippen molar-refractivity contribution >= 4 is 0 Å². The van der Waals surface area contributed by atoms with E-state index in [1.807, 2.05) is 7.11 Å². The van der Waals surface area contributed by atoms with E-state index in [9.17, 15) is 0 Å². The molecule has 4 aliphatic carbocycles. The summed E-state index contributed by atoms with van der Waals surface area (Å²) in [4.78, 5) is 0. The maximum Gasteiger partial charge on any atom is 0.173 e. The minimum atomic E-state index is -0.351. The van der Waals surface area contributed by atoms with E-state index in [2.05, 4.69) is 26.8 Å². The highest BCUT2D eigenvalue weighted by atomic mass is 16.7. The summed E-state index contributed by atoms with van der Waals surface area (Å²) in [5.74, 6) is 3.16. The summed E-state index contributed by atoms with van der Waals surface area (Å²) in [5, 5.41) is 0. The van der Waals surface area contributed by atoms with Crippen molar-refractivity contribution in [3.8, 4) is 0 Å². The van der Waals surface area contributed by atoms with Crippen LogP contribution in [-0.4, -0.2) is 26.1 Å². The Morgan fingerprint density at radius 2 is 1.85 bits per heavy atom. The summed E-state index contributed by atoms with van der Waals surface area (Å²) in [6.45, 7) is 8.19. The maximum absolute atomic E-state index is 6.36. The number of hydrogen-bond donors (Lipinski definition) is 0. The topological polar surface area (TPSA) is 27.7 Å². The average molecular weight is 361 g/mol. The lowest BCUT2D eigenvalue weighted by Crippen LogP contribution is -2.54. The van der Waals surface area contributed by atoms with Gasteiger partial charge in [-0.05, 0) is 76.2 Å². The van der Waals surface area contributed by atoms with Crippen molar-refractivity contribution in [2.75, 3.05) is 20.3 Å². The molecule has 0 heterocycles. The fraction of sp³-hybridized carbons (Fsp3) is 0.826. The van der Waals surface area contributed by atoms with Crippen LogP contribution in [0.3, 0.4) is 0 Å². The Labute approximate surface area is 159 Å². The molecule has 3 nitrogen and oxygen atoms in total. The molecule has 3 heteroatoms. The highest BCUT2D eigenvalue weighted by Gasteiger charge is 2.63. The van der Waals surface area contributed by atoms with Crippen LogP contribution in [0.1, 0.15) is 72.1 Å². The zero-order chi connectivity index (χ0) is 18.4. The van der Waals surface area contributed by atoms with Crippen molar-refractivity contribution < 1.29 is 14.2 Å². The van der Waals surface area contributed by atoms with E-state index in [0.717, 1.165) is 50.2 Å². The lowest BCUT2D eigenvalue weighted by atomic mass is 9.54. The third-order valence-corrected chi connectivity index (χ3v) is 8.12. The molecule has 0 bridgehead atoms. The molecule has 0 N–H and O–H groups in total. The molecule has 0 saturated heterocycles. The first-order valence-electron chi connectivity index (χ1n) is 10.8. The quantitative estimate of drug-likeness (QED) is 0.471. The Hall–Kier alpha value is -0.800. The normalized spacial score (nSPS) is 38.3. The predicted molar refractivity (Wildman–Crippen MR) is 104 cm³/mol. The first-order valence-corrected chi connectivity index (χ1v) is 10.8. The number of rotatable bonds is 5. The SMILES string of the molecule is CCOC1(OCC)CC[C@H]2[C@@H]3CCC4=C(CC=C(OC)C4)[C@H]3CC[C@@]21C. The van der Waals surface area contributed by atoms with Crippen LogP contribution in [0.5, 0.6) is 0 Å². The molecule has 2 fully saturated rings. The third-order valence-electron chi connectivity index (χ3n) is 8.12. The molecule has 0 aromatic carbocycles. The van der Waals surface area contributed by atoms with Crippen LogP contribution in [-0.2, 0) is 14.2 Å². The van der Waals surface area contributed by atoms with Gasteiger partial charge in [-0.1, -0.05) is 18.1 Å². The number of methoxy groups -OCH3 is 1. The van der Waals surface area contributed by atoms with Gasteiger partial charge in [0.05, 0.1) is 12.9 Å². The van der Waals surface area contributed by atoms with Gasteiger partial charge in [0.15, 0.2) is 5.79 Å². The Bertz CT molecular complexity index is 599. The highest BCUT2D eigenvalue weighted by molar-refractivity contribution is 5.32. The van der Waals surface area contributed by atoms with Gasteiger partial charge in [0.1, 0.15) is 0 Å². The monoisotopic (exact) mass is 360 g/mol. The summed E-state index contributed by atoms with van der Waals surface area (Å²) in [7, 11) is 1.81. The molecule has 0 unspecified atom stereocenters. The smallest absolute Gasteiger partial charge is 0.173 e. The second-order valence-corrected chi connectivity index (χ2v) is 8.91. The molecule has 0 aromatic heterocycles. The standard InChI is InChI=1S/C23H36O3/c1-5-25-23(26-6-2)14-12-21-20-9-7-16-15-17(24-4)8-10-18(16)19(20)11-13-22(21,23)3/h8,19-21H,5-7,9-15H2,1-4H3/t19-,20-,21+,22+/m1/s1. The molecule has 4 atom stereocenters. The molecule has 2 saturated carbocycles. The van der Waals surface area contributed by atoms with E-state index in [4.69, 9.17) is 14.2 Å². The van der Waals surface area contributed by atoms with Crippen molar-refractivity contribution in [1.82, 2.24) is 0 Å². The van der Waals surface area contributed by atoms with Crippen molar-refractivity contribution in [3.05, 3.63) is 23.0 Å². The van der Waals surface area contributed by atoms with Crippen molar-refractivity contribution in [1.29, 1.82) is 0 Å². The van der Waals surface area contributed by atoms with Gasteiger partial charge in [0, 0.05) is 31.5 Å². The highest BCUT2D eigenvalue weighted by Crippen LogP contribution is 2.65. The zero-order valence-corrected chi connectivity index (χ0v) is 17.1. The molecule has 0 spiro atoms. The molecular weight excluding hydrogens is 324 g/mol. The molecule has 4 aliphatic rings. The van der Waals surface area contributed by atoms with Crippen LogP contribution in [0, 0.1) is 23.2 Å². The van der Waals surface area contributed by atoms with E-state index in [0.29, 0.717) is 0 Å². The van der Waals surface area contributed by atoms with Gasteiger partial charge < -0.3 is 14.2 Å². The van der Waals surface area contributed by atoms with Crippen LogP contribution >= 0.6 is 0 Å². The van der Waals surface area contributed by atoms with Crippen molar-refractivity contribution in [3.63, 3.8) is 0 Å². The summed E-state index contributed by atoms with van der Waals surface area (Å²) < 4.78 is 18.3. The second-order valence-electron chi connectivity index (χ2n) is 8.91. The molecule has 0 aliphatic heterocycles. The average Bonchev–Trinajstić information content (AvgIpc) is 2.94. The molecule has 0 aromatic rings. The summed E-state index contributed by atoms with van der Waals surface area (Å²) >= 11 is 0. The fourth-order valence-electron chi connectivity index (χ4n) is 6.98. The zero-order valence-electron chi connectivity index (χ0n) is 17.1. The number of fused-ring (bicyclic) bond motifs is 4. The lowest BCUT2D eigenvalue weighted by molar-refractivity contribution is -0.295. The van der Waals surface area contributed by atoms with E-state index in [1.54, 1.807) is 11.1 Å². The summed E-state index contributed by atoms with van der Waals surface area (Å²) in [5.41, 5.74) is 3.61. The van der Waals surface area contributed by atoms with Gasteiger partial charge in [-0.25, -0.2) is 0 Å². The van der Waals surface area contributed by atoms with Gasteiger partial charge in [0.2, 0.25) is 0 Å². The van der Waals surface area contributed by atoms with E-state index in [1.165, 1.54) is 37.9 Å². The number of ether oxygens (including phenoxy) is 3. The van der Waals surface area contributed by atoms with Crippen LogP contribution in [0.15, 0.2) is 23.0 Å². The largest absolute Gasteiger partial charge is 0.501 e. The van der Waals surface area contributed by atoms with Crippen LogP contribution in [0.4, 0.5) is 0 Å². The fourth-order valence-corrected chi connectivity index (χ4v) is 6.98. The first-order chi connectivity index (χ1) is 12.6. The minimum absolute atomic E-state index is 0.167. The van der Waals surface area contributed by atoms with E-state index in [-0.39, 0.29) is 11.2 Å². The van der Waals surface area contributed by atoms with Gasteiger partial charge >= 0.3 is 0 Å². The molecule has 26 heavy (non-hydrogen) atoms. The van der Waals surface area contributed by atoms with E-state index < -0.39 is 0 Å². The number of allylic oxidation sites excluding steroid dienone is 3. The summed E-state index contributed by atoms with van der Waals surface area (Å²) in [6.07, 6.45) is 12.0. The molecule has 0 amide bonds. The van der Waals surface area contributed by atoms with E-state index >= 15 is 0 Å². The van der Waals surface area contributed by atoms with Crippen LogP contribution in [0.25, 0.3) is 0 Å². The molecular formula is C23H36O3. The third kappa shape index (κ3) is 2.61. The molecule has 4 rings (SSSR count).